The van der Waals surface area contributed by atoms with Crippen LogP contribution in [0.25, 0.3) is 16.8 Å². The monoisotopic (exact) mass is 470 g/mol. The van der Waals surface area contributed by atoms with Gasteiger partial charge in [0.05, 0.1) is 11.7 Å². The van der Waals surface area contributed by atoms with Crippen molar-refractivity contribution < 1.29 is 22.7 Å². The van der Waals surface area contributed by atoms with Crippen LogP contribution in [-0.2, 0) is 6.18 Å². The predicted octanol–water partition coefficient (Wildman–Crippen LogP) is 5.06. The van der Waals surface area contributed by atoms with Gasteiger partial charge in [-0.1, -0.05) is 36.4 Å². The number of hydrogen-bond donors (Lipinski definition) is 2. The SMILES string of the molecule is Cc1[nH]c2c(-c3ccccc3)c(C(F)(F)F)nn2c(=O)c1C(=O)Nc1cccc(OC(C)C)c1. The van der Waals surface area contributed by atoms with Crippen LogP contribution >= 0.6 is 0 Å². The molecule has 0 spiro atoms. The molecular formula is C24H21F3N4O3. The van der Waals surface area contributed by atoms with Crippen molar-refractivity contribution in [1.29, 1.82) is 0 Å². The number of ether oxygens (including phenoxy) is 1. The minimum atomic E-state index is -4.81. The van der Waals surface area contributed by atoms with Crippen molar-refractivity contribution in [2.24, 2.45) is 0 Å². The number of rotatable bonds is 5. The molecule has 2 aromatic carbocycles. The number of aromatic nitrogens is 3. The molecule has 0 aliphatic heterocycles. The summed E-state index contributed by atoms with van der Waals surface area (Å²) in [4.78, 5) is 28.9. The van der Waals surface area contributed by atoms with Gasteiger partial charge < -0.3 is 15.0 Å². The van der Waals surface area contributed by atoms with E-state index in [0.717, 1.165) is 0 Å². The van der Waals surface area contributed by atoms with E-state index in [0.29, 0.717) is 16.0 Å². The second-order valence-electron chi connectivity index (χ2n) is 7.93. The van der Waals surface area contributed by atoms with Crippen molar-refractivity contribution in [3.8, 4) is 16.9 Å². The highest BCUT2D eigenvalue weighted by Crippen LogP contribution is 2.38. The Kier molecular flexibility index (Phi) is 5.90. The summed E-state index contributed by atoms with van der Waals surface area (Å²) in [5.41, 5.74) is -2.24. The Labute approximate surface area is 192 Å². The Balaban J connectivity index is 1.82. The van der Waals surface area contributed by atoms with Gasteiger partial charge in [0.15, 0.2) is 5.69 Å². The number of anilines is 1. The molecule has 0 aliphatic carbocycles. The molecule has 0 saturated carbocycles. The Hall–Kier alpha value is -4.08. The standard InChI is InChI=1S/C24H21F3N4O3/c1-13(2)34-17-11-7-10-16(12-17)29-22(32)18-14(3)28-21-19(15-8-5-4-6-9-15)20(24(25,26)27)30-31(21)23(18)33/h4-13,28H,1-3H3,(H,29,32). The van der Waals surface area contributed by atoms with Crippen LogP contribution in [0.1, 0.15) is 35.6 Å². The number of amides is 1. The summed E-state index contributed by atoms with van der Waals surface area (Å²) in [5, 5.41) is 6.15. The molecule has 2 heterocycles. The minimum Gasteiger partial charge on any atom is -0.491 e. The molecule has 176 valence electrons. The second kappa shape index (κ2) is 8.69. The highest BCUT2D eigenvalue weighted by atomic mass is 19.4. The van der Waals surface area contributed by atoms with E-state index in [-0.39, 0.29) is 34.1 Å². The minimum absolute atomic E-state index is 0.0834. The fourth-order valence-corrected chi connectivity index (χ4v) is 3.64. The summed E-state index contributed by atoms with van der Waals surface area (Å²) in [7, 11) is 0. The molecule has 1 amide bonds. The zero-order valence-electron chi connectivity index (χ0n) is 18.5. The number of aromatic amines is 1. The van der Waals surface area contributed by atoms with Crippen LogP contribution in [0.5, 0.6) is 5.75 Å². The molecule has 0 radical (unpaired) electrons. The number of fused-ring (bicyclic) bond motifs is 1. The van der Waals surface area contributed by atoms with Gasteiger partial charge in [-0.3, -0.25) is 9.59 Å². The molecule has 0 aliphatic rings. The molecule has 2 aromatic heterocycles. The number of aryl methyl sites for hydroxylation is 1. The van der Waals surface area contributed by atoms with E-state index >= 15 is 0 Å². The van der Waals surface area contributed by atoms with E-state index < -0.39 is 23.3 Å². The lowest BCUT2D eigenvalue weighted by molar-refractivity contribution is -0.140. The maximum Gasteiger partial charge on any atom is 0.435 e. The lowest BCUT2D eigenvalue weighted by atomic mass is 10.1. The highest BCUT2D eigenvalue weighted by Gasteiger charge is 2.39. The lowest BCUT2D eigenvalue weighted by Gasteiger charge is -2.12. The van der Waals surface area contributed by atoms with Crippen LogP contribution in [0.15, 0.2) is 59.4 Å². The molecule has 0 saturated heterocycles. The molecule has 10 heteroatoms. The van der Waals surface area contributed by atoms with Gasteiger partial charge in [0.2, 0.25) is 0 Å². The van der Waals surface area contributed by atoms with Gasteiger partial charge in [0, 0.05) is 17.4 Å². The fraction of sp³-hybridized carbons (Fsp3) is 0.208. The number of nitrogens with one attached hydrogen (secondary N) is 2. The summed E-state index contributed by atoms with van der Waals surface area (Å²) >= 11 is 0. The largest absolute Gasteiger partial charge is 0.491 e. The van der Waals surface area contributed by atoms with Crippen LogP contribution < -0.4 is 15.6 Å². The zero-order chi connectivity index (χ0) is 24.6. The van der Waals surface area contributed by atoms with Gasteiger partial charge >= 0.3 is 6.18 Å². The van der Waals surface area contributed by atoms with Crippen LogP contribution in [0.4, 0.5) is 18.9 Å². The number of halogens is 3. The van der Waals surface area contributed by atoms with E-state index in [1.165, 1.54) is 19.1 Å². The molecule has 0 atom stereocenters. The van der Waals surface area contributed by atoms with E-state index in [4.69, 9.17) is 4.74 Å². The summed E-state index contributed by atoms with van der Waals surface area (Å²) in [5.74, 6) is -0.268. The van der Waals surface area contributed by atoms with Crippen LogP contribution in [0.2, 0.25) is 0 Å². The van der Waals surface area contributed by atoms with Gasteiger partial charge in [-0.25, -0.2) is 0 Å². The first kappa shape index (κ1) is 23.1. The Morgan fingerprint density at radius 3 is 2.47 bits per heavy atom. The maximum atomic E-state index is 13.8. The van der Waals surface area contributed by atoms with Crippen LogP contribution in [-0.4, -0.2) is 26.6 Å². The summed E-state index contributed by atoms with van der Waals surface area (Å²) in [6.45, 7) is 5.16. The third-order valence-corrected chi connectivity index (χ3v) is 4.99. The number of H-pyrrole nitrogens is 1. The van der Waals surface area contributed by atoms with Gasteiger partial charge in [0.1, 0.15) is 17.0 Å². The van der Waals surface area contributed by atoms with Crippen molar-refractivity contribution in [2.75, 3.05) is 5.32 Å². The number of alkyl halides is 3. The quantitative estimate of drug-likeness (QED) is 0.427. The van der Waals surface area contributed by atoms with E-state index in [9.17, 15) is 22.8 Å². The number of benzene rings is 2. The molecule has 0 unspecified atom stereocenters. The molecule has 4 rings (SSSR count). The van der Waals surface area contributed by atoms with Crippen LogP contribution in [0.3, 0.4) is 0 Å². The highest BCUT2D eigenvalue weighted by molar-refractivity contribution is 6.05. The number of nitrogens with zero attached hydrogens (tertiary/aromatic N) is 2. The van der Waals surface area contributed by atoms with Crippen molar-refractivity contribution >= 4 is 17.2 Å². The normalized spacial score (nSPS) is 11.7. The third-order valence-electron chi connectivity index (χ3n) is 4.99. The summed E-state index contributed by atoms with van der Waals surface area (Å²) < 4.78 is 47.6. The number of carbonyl (C=O) groups is 1. The third kappa shape index (κ3) is 4.39. The molecule has 0 fully saturated rings. The van der Waals surface area contributed by atoms with Gasteiger partial charge in [-0.05, 0) is 38.5 Å². The van der Waals surface area contributed by atoms with Gasteiger partial charge in [0.25, 0.3) is 11.5 Å². The van der Waals surface area contributed by atoms with E-state index in [1.54, 1.807) is 42.5 Å². The van der Waals surface area contributed by atoms with Crippen molar-refractivity contribution in [2.45, 2.75) is 33.1 Å². The second-order valence-corrected chi connectivity index (χ2v) is 7.93. The molecule has 0 bridgehead atoms. The average molecular weight is 470 g/mol. The fourth-order valence-electron chi connectivity index (χ4n) is 3.64. The maximum absolute atomic E-state index is 13.8. The summed E-state index contributed by atoms with van der Waals surface area (Å²) in [6, 6.07) is 14.4. The Bertz CT molecular complexity index is 1420. The molecular weight excluding hydrogens is 449 g/mol. The first-order valence-corrected chi connectivity index (χ1v) is 10.4. The molecule has 4 aromatic rings. The van der Waals surface area contributed by atoms with Crippen molar-refractivity contribution in [3.63, 3.8) is 0 Å². The first-order chi connectivity index (χ1) is 16.1. The van der Waals surface area contributed by atoms with E-state index in [2.05, 4.69) is 15.4 Å². The van der Waals surface area contributed by atoms with E-state index in [1.807, 2.05) is 13.8 Å². The molecule has 7 nitrogen and oxygen atoms in total. The summed E-state index contributed by atoms with van der Waals surface area (Å²) in [6.07, 6.45) is -4.90. The van der Waals surface area contributed by atoms with Crippen LogP contribution in [0, 0.1) is 6.92 Å². The topological polar surface area (TPSA) is 88.5 Å². The molecule has 34 heavy (non-hydrogen) atoms. The Morgan fingerprint density at radius 2 is 1.82 bits per heavy atom. The lowest BCUT2D eigenvalue weighted by Crippen LogP contribution is -2.29. The average Bonchev–Trinajstić information content (AvgIpc) is 3.14. The first-order valence-electron chi connectivity index (χ1n) is 10.4. The molecule has 2 N–H and O–H groups in total. The van der Waals surface area contributed by atoms with Gasteiger partial charge in [-0.15, -0.1) is 0 Å². The number of carbonyl (C=O) groups excluding carboxylic acids is 1. The van der Waals surface area contributed by atoms with Crippen molar-refractivity contribution in [3.05, 3.63) is 81.9 Å². The van der Waals surface area contributed by atoms with Gasteiger partial charge in [-0.2, -0.15) is 22.8 Å². The zero-order valence-corrected chi connectivity index (χ0v) is 18.5. The number of hydrogen-bond acceptors (Lipinski definition) is 4. The smallest absolute Gasteiger partial charge is 0.435 e. The predicted molar refractivity (Wildman–Crippen MR) is 121 cm³/mol. The van der Waals surface area contributed by atoms with Crippen molar-refractivity contribution in [1.82, 2.24) is 14.6 Å². The Morgan fingerprint density at radius 1 is 1.12 bits per heavy atom.